The zero-order valence-electron chi connectivity index (χ0n) is 16.0. The van der Waals surface area contributed by atoms with Crippen LogP contribution in [0.2, 0.25) is 4.34 Å². The molecule has 0 saturated carbocycles. The van der Waals surface area contributed by atoms with E-state index in [0.29, 0.717) is 41.0 Å². The molecule has 0 amide bonds. The van der Waals surface area contributed by atoms with Crippen LogP contribution in [-0.2, 0) is 17.8 Å². The number of nitrogens with one attached hydrogen (secondary N) is 1. The minimum absolute atomic E-state index is 0.00508. The van der Waals surface area contributed by atoms with Crippen molar-refractivity contribution in [3.8, 4) is 10.7 Å². The first-order chi connectivity index (χ1) is 14.6. The molecule has 1 aliphatic rings. The second kappa shape index (κ2) is 7.86. The van der Waals surface area contributed by atoms with Crippen LogP contribution in [0.1, 0.15) is 18.4 Å². The van der Waals surface area contributed by atoms with Gasteiger partial charge in [0.1, 0.15) is 0 Å². The van der Waals surface area contributed by atoms with Gasteiger partial charge in [0, 0.05) is 6.61 Å². The van der Waals surface area contributed by atoms with Gasteiger partial charge in [-0.05, 0) is 30.5 Å². The van der Waals surface area contributed by atoms with Crippen molar-refractivity contribution in [2.24, 2.45) is 0 Å². The van der Waals surface area contributed by atoms with Gasteiger partial charge in [0.15, 0.2) is 17.0 Å². The molecule has 0 unspecified atom stereocenters. The number of imidazole rings is 1. The van der Waals surface area contributed by atoms with Crippen molar-refractivity contribution in [2.75, 3.05) is 6.61 Å². The van der Waals surface area contributed by atoms with E-state index in [0.717, 1.165) is 23.3 Å². The van der Waals surface area contributed by atoms with E-state index in [4.69, 9.17) is 21.3 Å². The van der Waals surface area contributed by atoms with Crippen molar-refractivity contribution in [3.05, 3.63) is 73.2 Å². The second-order valence-corrected chi connectivity index (χ2v) is 9.00. The average Bonchev–Trinajstić information content (AvgIpc) is 3.47. The Hall–Kier alpha value is -2.68. The number of H-pyrrole nitrogens is 1. The maximum Gasteiger partial charge on any atom is 0.330 e. The fourth-order valence-electron chi connectivity index (χ4n) is 3.88. The minimum atomic E-state index is -0.478. The SMILES string of the molecule is O=c1[nH]c(=O)n(Cc2ccccc2)c2nc(-c3ccc(Cl)s3)n(C[C@H]3CCCO3)c12. The van der Waals surface area contributed by atoms with E-state index in [1.54, 1.807) is 6.07 Å². The lowest BCUT2D eigenvalue weighted by Gasteiger charge is -2.13. The zero-order chi connectivity index (χ0) is 20.7. The van der Waals surface area contributed by atoms with Gasteiger partial charge < -0.3 is 9.30 Å². The maximum absolute atomic E-state index is 12.9. The number of thiophene rings is 1. The number of ether oxygens (including phenoxy) is 1. The number of fused-ring (bicyclic) bond motifs is 1. The molecule has 9 heteroatoms. The Bertz CT molecular complexity index is 1320. The summed E-state index contributed by atoms with van der Waals surface area (Å²) < 4.78 is 9.82. The lowest BCUT2D eigenvalue weighted by Crippen LogP contribution is -2.32. The van der Waals surface area contributed by atoms with Crippen LogP contribution < -0.4 is 11.2 Å². The molecule has 3 aromatic heterocycles. The molecular weight excluding hydrogens is 424 g/mol. The van der Waals surface area contributed by atoms with E-state index in [9.17, 15) is 9.59 Å². The van der Waals surface area contributed by atoms with Crippen LogP contribution in [0.4, 0.5) is 0 Å². The Balaban J connectivity index is 1.73. The molecule has 4 heterocycles. The number of halogens is 1. The molecule has 1 atom stereocenters. The second-order valence-electron chi connectivity index (χ2n) is 7.29. The topological polar surface area (TPSA) is 81.9 Å². The lowest BCUT2D eigenvalue weighted by atomic mass is 10.2. The number of aromatic amines is 1. The normalized spacial score (nSPS) is 16.5. The molecule has 1 N–H and O–H groups in total. The maximum atomic E-state index is 12.9. The molecule has 0 bridgehead atoms. The lowest BCUT2D eigenvalue weighted by molar-refractivity contribution is 0.0982. The van der Waals surface area contributed by atoms with Crippen LogP contribution in [0.3, 0.4) is 0 Å². The quantitative estimate of drug-likeness (QED) is 0.513. The van der Waals surface area contributed by atoms with Crippen molar-refractivity contribution in [2.45, 2.75) is 32.0 Å². The standard InChI is InChI=1S/C21H19ClN4O3S/c22-16-9-8-15(30-16)18-23-19-17(25(18)12-14-7-4-10-29-14)20(27)24-21(28)26(19)11-13-5-2-1-3-6-13/h1-3,5-6,8-9,14H,4,7,10-12H2,(H,24,27,28)/t14-/m1/s1. The Morgan fingerprint density at radius 3 is 2.70 bits per heavy atom. The van der Waals surface area contributed by atoms with Gasteiger partial charge in [-0.15, -0.1) is 11.3 Å². The summed E-state index contributed by atoms with van der Waals surface area (Å²) in [6.45, 7) is 1.52. The van der Waals surface area contributed by atoms with Crippen molar-refractivity contribution in [1.29, 1.82) is 0 Å². The van der Waals surface area contributed by atoms with Gasteiger partial charge in [-0.1, -0.05) is 41.9 Å². The molecule has 0 spiro atoms. The van der Waals surface area contributed by atoms with Crippen LogP contribution in [0.5, 0.6) is 0 Å². The van der Waals surface area contributed by atoms with Gasteiger partial charge in [-0.2, -0.15) is 0 Å². The number of benzene rings is 1. The van der Waals surface area contributed by atoms with Crippen LogP contribution in [0, 0.1) is 0 Å². The zero-order valence-corrected chi connectivity index (χ0v) is 17.6. The summed E-state index contributed by atoms with van der Waals surface area (Å²) in [7, 11) is 0. The molecule has 30 heavy (non-hydrogen) atoms. The van der Waals surface area contributed by atoms with Crippen molar-refractivity contribution < 1.29 is 4.74 Å². The Morgan fingerprint density at radius 1 is 1.17 bits per heavy atom. The Kier molecular flexibility index (Phi) is 5.06. The Morgan fingerprint density at radius 2 is 2.00 bits per heavy atom. The van der Waals surface area contributed by atoms with Crippen molar-refractivity contribution >= 4 is 34.1 Å². The van der Waals surface area contributed by atoms with Crippen LogP contribution in [-0.4, -0.2) is 31.8 Å². The number of rotatable bonds is 5. The van der Waals surface area contributed by atoms with Gasteiger partial charge in [-0.25, -0.2) is 9.78 Å². The van der Waals surface area contributed by atoms with E-state index in [-0.39, 0.29) is 6.10 Å². The molecule has 1 aromatic carbocycles. The molecule has 5 rings (SSSR count). The van der Waals surface area contributed by atoms with Crippen molar-refractivity contribution in [3.63, 3.8) is 0 Å². The van der Waals surface area contributed by atoms with E-state index in [1.807, 2.05) is 41.0 Å². The van der Waals surface area contributed by atoms with Gasteiger partial charge in [0.05, 0.1) is 28.4 Å². The van der Waals surface area contributed by atoms with E-state index in [2.05, 4.69) is 4.98 Å². The third kappa shape index (κ3) is 3.51. The van der Waals surface area contributed by atoms with E-state index in [1.165, 1.54) is 15.9 Å². The van der Waals surface area contributed by atoms with Crippen LogP contribution >= 0.6 is 22.9 Å². The fourth-order valence-corrected chi connectivity index (χ4v) is 4.92. The van der Waals surface area contributed by atoms with Gasteiger partial charge in [0.2, 0.25) is 0 Å². The molecule has 1 saturated heterocycles. The predicted molar refractivity (Wildman–Crippen MR) is 117 cm³/mol. The van der Waals surface area contributed by atoms with Gasteiger partial charge in [-0.3, -0.25) is 14.3 Å². The van der Waals surface area contributed by atoms with E-state index >= 15 is 0 Å². The average molecular weight is 443 g/mol. The first-order valence-corrected chi connectivity index (χ1v) is 10.9. The fraction of sp³-hybridized carbons (Fsp3) is 0.286. The summed E-state index contributed by atoms with van der Waals surface area (Å²) in [6.07, 6.45) is 1.92. The summed E-state index contributed by atoms with van der Waals surface area (Å²) in [5, 5.41) is 0. The summed E-state index contributed by atoms with van der Waals surface area (Å²) in [6, 6.07) is 13.3. The third-order valence-electron chi connectivity index (χ3n) is 5.27. The number of hydrogen-bond donors (Lipinski definition) is 1. The highest BCUT2D eigenvalue weighted by atomic mass is 35.5. The van der Waals surface area contributed by atoms with Gasteiger partial charge in [0.25, 0.3) is 5.56 Å². The molecule has 1 fully saturated rings. The Labute approximate surface area is 180 Å². The predicted octanol–water partition coefficient (Wildman–Crippen LogP) is 3.50. The molecule has 7 nitrogen and oxygen atoms in total. The van der Waals surface area contributed by atoms with Gasteiger partial charge >= 0.3 is 5.69 Å². The smallest absolute Gasteiger partial charge is 0.330 e. The van der Waals surface area contributed by atoms with Crippen LogP contribution in [0.15, 0.2) is 52.1 Å². The van der Waals surface area contributed by atoms with Crippen molar-refractivity contribution in [1.82, 2.24) is 19.1 Å². The monoisotopic (exact) mass is 442 g/mol. The molecule has 154 valence electrons. The molecule has 0 aliphatic carbocycles. The summed E-state index contributed by atoms with van der Waals surface area (Å²) in [5.41, 5.74) is 0.764. The summed E-state index contributed by atoms with van der Waals surface area (Å²) in [4.78, 5) is 33.6. The van der Waals surface area contributed by atoms with E-state index < -0.39 is 11.2 Å². The largest absolute Gasteiger partial charge is 0.376 e. The number of hydrogen-bond acceptors (Lipinski definition) is 5. The number of nitrogens with zero attached hydrogens (tertiary/aromatic N) is 3. The summed E-state index contributed by atoms with van der Waals surface area (Å²) >= 11 is 7.55. The summed E-state index contributed by atoms with van der Waals surface area (Å²) in [5.74, 6) is 0.621. The highest BCUT2D eigenvalue weighted by Crippen LogP contribution is 2.32. The highest BCUT2D eigenvalue weighted by Gasteiger charge is 2.24. The minimum Gasteiger partial charge on any atom is -0.376 e. The first kappa shape index (κ1) is 19.3. The first-order valence-electron chi connectivity index (χ1n) is 9.75. The molecular formula is C21H19ClN4O3S. The molecule has 4 aromatic rings. The number of aromatic nitrogens is 4. The van der Waals surface area contributed by atoms with Crippen LogP contribution in [0.25, 0.3) is 21.9 Å². The molecule has 0 radical (unpaired) electrons. The molecule has 1 aliphatic heterocycles. The highest BCUT2D eigenvalue weighted by molar-refractivity contribution is 7.19. The third-order valence-corrected chi connectivity index (χ3v) is 6.50.